The molecule has 1 aliphatic carbocycles. The zero-order chi connectivity index (χ0) is 16.3. The average Bonchev–Trinajstić information content (AvgIpc) is 3.07. The summed E-state index contributed by atoms with van der Waals surface area (Å²) >= 11 is 0. The van der Waals surface area contributed by atoms with Gasteiger partial charge in [-0.3, -0.25) is 0 Å². The Kier molecular flexibility index (Phi) is 7.57. The molecule has 128 valence electrons. The first-order chi connectivity index (χ1) is 11.3. The summed E-state index contributed by atoms with van der Waals surface area (Å²) in [5.74, 6) is 2.41. The van der Waals surface area contributed by atoms with Crippen molar-refractivity contribution in [1.82, 2.24) is 10.6 Å². The molecule has 5 nitrogen and oxygen atoms in total. The van der Waals surface area contributed by atoms with E-state index in [0.29, 0.717) is 19.8 Å². The minimum Gasteiger partial charge on any atom is -0.494 e. The summed E-state index contributed by atoms with van der Waals surface area (Å²) < 4.78 is 10.9. The van der Waals surface area contributed by atoms with Crippen LogP contribution < -0.4 is 20.1 Å². The van der Waals surface area contributed by atoms with Gasteiger partial charge in [-0.25, -0.2) is 4.79 Å². The SMILES string of the molecule is CCOc1ccc(OCCNC(=O)NCCC2CCCC2)cc1. The zero-order valence-electron chi connectivity index (χ0n) is 14.0. The number of benzene rings is 1. The normalized spacial score (nSPS) is 14.5. The van der Waals surface area contributed by atoms with Gasteiger partial charge in [0.1, 0.15) is 18.1 Å². The van der Waals surface area contributed by atoms with Crippen molar-refractivity contribution in [2.75, 3.05) is 26.3 Å². The largest absolute Gasteiger partial charge is 0.494 e. The van der Waals surface area contributed by atoms with Gasteiger partial charge in [-0.05, 0) is 43.5 Å². The first kappa shape index (κ1) is 17.4. The van der Waals surface area contributed by atoms with E-state index in [4.69, 9.17) is 9.47 Å². The van der Waals surface area contributed by atoms with Crippen LogP contribution in [0.25, 0.3) is 0 Å². The van der Waals surface area contributed by atoms with Gasteiger partial charge in [-0.1, -0.05) is 25.7 Å². The number of ether oxygens (including phenoxy) is 2. The number of carbonyl (C=O) groups is 1. The molecular weight excluding hydrogens is 292 g/mol. The maximum Gasteiger partial charge on any atom is 0.314 e. The van der Waals surface area contributed by atoms with Crippen LogP contribution in [0.15, 0.2) is 24.3 Å². The maximum absolute atomic E-state index is 11.7. The number of nitrogens with one attached hydrogen (secondary N) is 2. The predicted molar refractivity (Wildman–Crippen MR) is 91.1 cm³/mol. The molecule has 0 aromatic heterocycles. The highest BCUT2D eigenvalue weighted by molar-refractivity contribution is 5.73. The van der Waals surface area contributed by atoms with Crippen molar-refractivity contribution >= 4 is 6.03 Å². The van der Waals surface area contributed by atoms with Gasteiger partial charge in [0, 0.05) is 6.54 Å². The Morgan fingerprint density at radius 2 is 1.65 bits per heavy atom. The Labute approximate surface area is 138 Å². The Bertz CT molecular complexity index is 456. The van der Waals surface area contributed by atoms with E-state index >= 15 is 0 Å². The summed E-state index contributed by atoms with van der Waals surface area (Å²) in [6.45, 7) is 4.30. The van der Waals surface area contributed by atoms with Gasteiger partial charge in [0.2, 0.25) is 0 Å². The molecule has 1 fully saturated rings. The van der Waals surface area contributed by atoms with Crippen molar-refractivity contribution in [3.8, 4) is 11.5 Å². The molecule has 1 aromatic carbocycles. The molecule has 0 heterocycles. The Balaban J connectivity index is 1.51. The van der Waals surface area contributed by atoms with Crippen LogP contribution in [0, 0.1) is 5.92 Å². The Morgan fingerprint density at radius 1 is 1.04 bits per heavy atom. The molecule has 23 heavy (non-hydrogen) atoms. The Hall–Kier alpha value is -1.91. The standard InChI is InChI=1S/C18H28N2O3/c1-2-22-16-7-9-17(10-8-16)23-14-13-20-18(21)19-12-11-15-5-3-4-6-15/h7-10,15H,2-6,11-14H2,1H3,(H2,19,20,21). The van der Waals surface area contributed by atoms with Gasteiger partial charge in [0.05, 0.1) is 13.2 Å². The van der Waals surface area contributed by atoms with E-state index in [1.807, 2.05) is 31.2 Å². The van der Waals surface area contributed by atoms with Crippen LogP contribution in [0.1, 0.15) is 39.0 Å². The van der Waals surface area contributed by atoms with E-state index in [1.165, 1.54) is 25.7 Å². The van der Waals surface area contributed by atoms with E-state index in [0.717, 1.165) is 30.4 Å². The van der Waals surface area contributed by atoms with Crippen LogP contribution in [0.4, 0.5) is 4.79 Å². The average molecular weight is 320 g/mol. The molecule has 0 saturated heterocycles. The van der Waals surface area contributed by atoms with Gasteiger partial charge in [0.25, 0.3) is 0 Å². The first-order valence-corrected chi connectivity index (χ1v) is 8.65. The second-order valence-corrected chi connectivity index (χ2v) is 5.87. The Morgan fingerprint density at radius 3 is 2.30 bits per heavy atom. The molecule has 0 radical (unpaired) electrons. The lowest BCUT2D eigenvalue weighted by Gasteiger charge is -2.11. The van der Waals surface area contributed by atoms with E-state index in [9.17, 15) is 4.79 Å². The summed E-state index contributed by atoms with van der Waals surface area (Å²) in [5.41, 5.74) is 0. The third-order valence-corrected chi connectivity index (χ3v) is 4.10. The molecule has 0 spiro atoms. The summed E-state index contributed by atoms with van der Waals surface area (Å²) in [7, 11) is 0. The molecule has 2 N–H and O–H groups in total. The van der Waals surface area contributed by atoms with E-state index in [-0.39, 0.29) is 6.03 Å². The van der Waals surface area contributed by atoms with Crippen LogP contribution in [-0.2, 0) is 0 Å². The monoisotopic (exact) mass is 320 g/mol. The quantitative estimate of drug-likeness (QED) is 0.686. The van der Waals surface area contributed by atoms with Crippen molar-refractivity contribution in [1.29, 1.82) is 0 Å². The molecule has 0 aliphatic heterocycles. The molecule has 0 bridgehead atoms. The van der Waals surface area contributed by atoms with Crippen molar-refractivity contribution in [3.63, 3.8) is 0 Å². The van der Waals surface area contributed by atoms with Crippen molar-refractivity contribution in [3.05, 3.63) is 24.3 Å². The topological polar surface area (TPSA) is 59.6 Å². The zero-order valence-corrected chi connectivity index (χ0v) is 14.0. The second-order valence-electron chi connectivity index (χ2n) is 5.87. The molecule has 0 atom stereocenters. The summed E-state index contributed by atoms with van der Waals surface area (Å²) in [6.07, 6.45) is 6.42. The fourth-order valence-corrected chi connectivity index (χ4v) is 2.88. The van der Waals surface area contributed by atoms with Gasteiger partial charge in [-0.2, -0.15) is 0 Å². The fourth-order valence-electron chi connectivity index (χ4n) is 2.88. The van der Waals surface area contributed by atoms with Crippen LogP contribution in [-0.4, -0.2) is 32.3 Å². The summed E-state index contributed by atoms with van der Waals surface area (Å²) in [6, 6.07) is 7.38. The maximum atomic E-state index is 11.7. The van der Waals surface area contributed by atoms with Crippen molar-refractivity contribution in [2.45, 2.75) is 39.0 Å². The number of urea groups is 1. The van der Waals surface area contributed by atoms with Gasteiger partial charge in [-0.15, -0.1) is 0 Å². The molecular formula is C18H28N2O3. The highest BCUT2D eigenvalue weighted by Crippen LogP contribution is 2.26. The summed E-state index contributed by atoms with van der Waals surface area (Å²) in [5, 5.41) is 5.72. The number of rotatable bonds is 9. The minimum atomic E-state index is -0.113. The predicted octanol–water partition coefficient (Wildman–Crippen LogP) is 3.34. The van der Waals surface area contributed by atoms with Crippen LogP contribution in [0.3, 0.4) is 0 Å². The molecule has 5 heteroatoms. The van der Waals surface area contributed by atoms with E-state index in [1.54, 1.807) is 0 Å². The van der Waals surface area contributed by atoms with Gasteiger partial charge >= 0.3 is 6.03 Å². The minimum absolute atomic E-state index is 0.113. The molecule has 1 aromatic rings. The third kappa shape index (κ3) is 6.80. The highest BCUT2D eigenvalue weighted by Gasteiger charge is 2.14. The van der Waals surface area contributed by atoms with E-state index < -0.39 is 0 Å². The lowest BCUT2D eigenvalue weighted by atomic mass is 10.0. The van der Waals surface area contributed by atoms with Crippen LogP contribution in [0.2, 0.25) is 0 Å². The van der Waals surface area contributed by atoms with Crippen LogP contribution in [0.5, 0.6) is 11.5 Å². The number of hydrogen-bond acceptors (Lipinski definition) is 3. The lowest BCUT2D eigenvalue weighted by Crippen LogP contribution is -2.38. The van der Waals surface area contributed by atoms with Gasteiger partial charge < -0.3 is 20.1 Å². The lowest BCUT2D eigenvalue weighted by molar-refractivity contribution is 0.235. The summed E-state index contributed by atoms with van der Waals surface area (Å²) in [4.78, 5) is 11.7. The molecule has 1 aliphatic rings. The smallest absolute Gasteiger partial charge is 0.314 e. The number of amides is 2. The molecule has 0 unspecified atom stereocenters. The first-order valence-electron chi connectivity index (χ1n) is 8.65. The highest BCUT2D eigenvalue weighted by atomic mass is 16.5. The third-order valence-electron chi connectivity index (χ3n) is 4.10. The van der Waals surface area contributed by atoms with Crippen molar-refractivity contribution in [2.24, 2.45) is 5.92 Å². The molecule has 2 amide bonds. The molecule has 2 rings (SSSR count). The number of carbonyl (C=O) groups excluding carboxylic acids is 1. The fraction of sp³-hybridized carbons (Fsp3) is 0.611. The van der Waals surface area contributed by atoms with Gasteiger partial charge in [0.15, 0.2) is 0 Å². The molecule has 1 saturated carbocycles. The van der Waals surface area contributed by atoms with Crippen LogP contribution >= 0.6 is 0 Å². The van der Waals surface area contributed by atoms with E-state index in [2.05, 4.69) is 10.6 Å². The van der Waals surface area contributed by atoms with Crippen molar-refractivity contribution < 1.29 is 14.3 Å². The number of hydrogen-bond donors (Lipinski definition) is 2. The second kappa shape index (κ2) is 9.98.